The lowest BCUT2D eigenvalue weighted by Crippen LogP contribution is -2.81. The van der Waals surface area contributed by atoms with Crippen molar-refractivity contribution >= 4 is 150 Å². The Balaban J connectivity index is 5.83. The van der Waals surface area contributed by atoms with Crippen LogP contribution in [0, 0.1) is 0 Å². The van der Waals surface area contributed by atoms with E-state index in [2.05, 4.69) is 85.1 Å². The zero-order valence-corrected chi connectivity index (χ0v) is 16.9. The molecule has 0 radical (unpaired) electrons. The maximum Gasteiger partial charge on any atom is 0.0593 e. The predicted molar refractivity (Wildman–Crippen MR) is 153 cm³/mol. The molecule has 0 atom stereocenters. The molecule has 0 aromatic heterocycles. The molecule has 0 aromatic carbocycles. The Morgan fingerprint density at radius 1 is 0.429 bits per heavy atom. The molecule has 0 amide bonds. The lowest BCUT2D eigenvalue weighted by Gasteiger charge is -2.42. The number of rotatable bonds is 9. The summed E-state index contributed by atoms with van der Waals surface area (Å²) in [5.74, 6) is 0. The van der Waals surface area contributed by atoms with Crippen molar-refractivity contribution in [2.24, 2.45) is 0 Å². The molecule has 0 aliphatic rings. The van der Waals surface area contributed by atoms with Crippen molar-refractivity contribution in [2.45, 2.75) is 0 Å². The fraction of sp³-hybridized carbons (Fsp3) is 0. The standard InChI is InChI=1S/B21H23/c1-12-18(13(2)3)21(19(14(4)5)15(6)7)20(16(8)9)17(10)11/h12H,1-11H2. The first kappa shape index (κ1) is 22.4. The molecule has 0 unspecified atom stereocenters. The topological polar surface area (TPSA) is 0 Å². The van der Waals surface area contributed by atoms with Gasteiger partial charge in [-0.05, 0) is 0 Å². The van der Waals surface area contributed by atoms with Crippen LogP contribution in [-0.2, 0) is 0 Å². The summed E-state index contributed by atoms with van der Waals surface area (Å²) in [5, 5.41) is 0. The first-order valence-corrected chi connectivity index (χ1v) is 9.56. The molecule has 0 aromatic rings. The van der Waals surface area contributed by atoms with Gasteiger partial charge < -0.3 is 0 Å². The summed E-state index contributed by atoms with van der Waals surface area (Å²) in [4.78, 5) is 0. The van der Waals surface area contributed by atoms with Crippen LogP contribution in [-0.4, -0.2) is 150 Å². The second-order valence-electron chi connectivity index (χ2n) is 9.02. The summed E-state index contributed by atoms with van der Waals surface area (Å²) in [5.41, 5.74) is 0. The van der Waals surface area contributed by atoms with Gasteiger partial charge in [0.15, 0.2) is 0 Å². The summed E-state index contributed by atoms with van der Waals surface area (Å²) >= 11 is 0. The van der Waals surface area contributed by atoms with Gasteiger partial charge >= 0.3 is 0 Å². The molecular formula is H23B21. The van der Waals surface area contributed by atoms with Gasteiger partial charge in [0.1, 0.15) is 0 Å². The lowest BCUT2D eigenvalue weighted by atomic mass is 8.38. The van der Waals surface area contributed by atoms with Gasteiger partial charge in [-0.25, -0.2) is 0 Å². The molecule has 0 bridgehead atoms. The van der Waals surface area contributed by atoms with Gasteiger partial charge in [0.25, 0.3) is 0 Å². The van der Waals surface area contributed by atoms with E-state index in [1.807, 2.05) is 0 Å². The van der Waals surface area contributed by atoms with Crippen LogP contribution in [0.15, 0.2) is 0 Å². The third-order valence-electron chi connectivity index (χ3n) is 5.79. The Morgan fingerprint density at radius 3 is 0.857 bits per heavy atom. The third kappa shape index (κ3) is 6.41. The maximum absolute atomic E-state index is 2.45. The van der Waals surface area contributed by atoms with Crippen LogP contribution >= 0.6 is 0 Å². The molecule has 0 heterocycles. The molecule has 0 spiro atoms. The molecule has 86 valence electrons. The second kappa shape index (κ2) is 10.3. The summed E-state index contributed by atoms with van der Waals surface area (Å²) in [6, 6.07) is 0. The molecule has 0 aliphatic carbocycles. The van der Waals surface area contributed by atoms with Gasteiger partial charge in [0, 0.05) is 64.5 Å². The largest absolute Gasteiger partial charge is 0.0593 e. The molecule has 0 aliphatic heterocycles. The summed E-state index contributed by atoms with van der Waals surface area (Å²) < 4.78 is 0. The lowest BCUT2D eigenvalue weighted by molar-refractivity contribution is 3.32. The van der Waals surface area contributed by atoms with Crippen molar-refractivity contribution in [3.8, 4) is 0 Å². The minimum Gasteiger partial charge on any atom is 0.000694 e. The molecule has 0 saturated carbocycles. The minimum atomic E-state index is 0.780. The highest BCUT2D eigenvalue weighted by Gasteiger charge is 2.46. The molecule has 0 nitrogen and oxygen atoms in total. The van der Waals surface area contributed by atoms with Crippen molar-refractivity contribution < 1.29 is 0 Å². The molecule has 0 rings (SSSR count). The molecule has 21 heteroatoms. The average Bonchev–Trinajstić information content (AvgIpc) is 2.26. The van der Waals surface area contributed by atoms with Gasteiger partial charge in [0.05, 0.1) is 85.1 Å². The van der Waals surface area contributed by atoms with Gasteiger partial charge in [0.2, 0.25) is 0 Å². The van der Waals surface area contributed by atoms with E-state index in [-0.39, 0.29) is 0 Å². The van der Waals surface area contributed by atoms with Gasteiger partial charge in [-0.1, -0.05) is 0 Å². The molecule has 0 saturated heterocycles. The smallest absolute Gasteiger partial charge is 0.000694 e. The van der Waals surface area contributed by atoms with Gasteiger partial charge in [-0.2, -0.15) is 0 Å². The SMILES string of the molecule is BBB(B(B)B)B(B(B(B)B)B(B)B)B(B(B)B)B(B)B. The number of hydrogen-bond donors (Lipinski definition) is 0. The molecular weight excluding hydrogens is 227 g/mol. The Labute approximate surface area is 149 Å². The first-order valence-electron chi connectivity index (χ1n) is 9.56. The fourth-order valence-electron chi connectivity index (χ4n) is 5.33. The van der Waals surface area contributed by atoms with Crippen LogP contribution in [0.4, 0.5) is 0 Å². The highest BCUT2D eigenvalue weighted by Crippen LogP contribution is 2.06. The summed E-state index contributed by atoms with van der Waals surface area (Å²) in [7, 11) is 28.2. The van der Waals surface area contributed by atoms with E-state index < -0.39 is 0 Å². The molecule has 0 N–H and O–H groups in total. The van der Waals surface area contributed by atoms with Crippen LogP contribution in [0.2, 0.25) is 0 Å². The fourth-order valence-corrected chi connectivity index (χ4v) is 5.33. The van der Waals surface area contributed by atoms with Crippen molar-refractivity contribution in [3.05, 3.63) is 0 Å². The van der Waals surface area contributed by atoms with Gasteiger partial charge in [-0.3, -0.25) is 0 Å². The monoisotopic (exact) mass is 254 g/mol. The Morgan fingerprint density at radius 2 is 0.714 bits per heavy atom. The quantitative estimate of drug-likeness (QED) is 0.357. The average molecular weight is 250 g/mol. The predicted octanol–water partition coefficient (Wildman–Crippen LogP) is -14.2. The Bertz CT molecular complexity index is 223. The summed E-state index contributed by atoms with van der Waals surface area (Å²) in [6.07, 6.45) is 7.31. The molecule has 0 fully saturated rings. The van der Waals surface area contributed by atoms with Crippen molar-refractivity contribution in [1.82, 2.24) is 0 Å². The van der Waals surface area contributed by atoms with E-state index in [1.165, 1.54) is 7.06 Å². The number of hydrogen-bond acceptors (Lipinski definition) is 0. The Kier molecular flexibility index (Phi) is 10.9. The van der Waals surface area contributed by atoms with Crippen LogP contribution < -0.4 is 0 Å². The van der Waals surface area contributed by atoms with E-state index in [1.54, 1.807) is 0 Å². The van der Waals surface area contributed by atoms with Crippen LogP contribution in [0.3, 0.4) is 0 Å². The maximum atomic E-state index is 2.45. The highest BCUT2D eigenvalue weighted by molar-refractivity contribution is 8.20. The zero-order chi connectivity index (χ0) is 16.9. The molecule has 21 heavy (non-hydrogen) atoms. The van der Waals surface area contributed by atoms with E-state index in [0.717, 1.165) is 57.5 Å². The second-order valence-corrected chi connectivity index (χ2v) is 9.02. The van der Waals surface area contributed by atoms with E-state index in [9.17, 15) is 0 Å². The highest BCUT2D eigenvalue weighted by atomic mass is 13.3. The van der Waals surface area contributed by atoms with E-state index >= 15 is 0 Å². The van der Waals surface area contributed by atoms with E-state index in [0.29, 0.717) is 0 Å². The Hall–Kier alpha value is 1.36. The van der Waals surface area contributed by atoms with Crippen molar-refractivity contribution in [2.75, 3.05) is 0 Å². The van der Waals surface area contributed by atoms with Crippen molar-refractivity contribution in [3.63, 3.8) is 0 Å². The summed E-state index contributed by atoms with van der Waals surface area (Å²) in [6.45, 7) is 0. The van der Waals surface area contributed by atoms with Crippen molar-refractivity contribution in [1.29, 1.82) is 0 Å². The van der Waals surface area contributed by atoms with Crippen LogP contribution in [0.25, 0.3) is 0 Å². The van der Waals surface area contributed by atoms with Crippen LogP contribution in [0.5, 0.6) is 0 Å². The van der Waals surface area contributed by atoms with E-state index in [4.69, 9.17) is 0 Å². The first-order chi connectivity index (χ1) is 9.56. The van der Waals surface area contributed by atoms with Crippen LogP contribution in [0.1, 0.15) is 0 Å². The third-order valence-corrected chi connectivity index (χ3v) is 5.79. The van der Waals surface area contributed by atoms with Gasteiger partial charge in [-0.15, -0.1) is 0 Å². The zero-order valence-electron chi connectivity index (χ0n) is 16.9. The minimum absolute atomic E-state index is 0.780. The normalized spacial score (nSPS) is 9.14.